The first-order chi connectivity index (χ1) is 14.2. The molecule has 8 heteroatoms. The molecule has 0 saturated carbocycles. The van der Waals surface area contributed by atoms with E-state index in [9.17, 15) is 4.79 Å². The van der Waals surface area contributed by atoms with Gasteiger partial charge < -0.3 is 20.0 Å². The molecule has 1 amide bonds. The van der Waals surface area contributed by atoms with Gasteiger partial charge >= 0.3 is 0 Å². The average Bonchev–Trinajstić information content (AvgIpc) is 2.78. The van der Waals surface area contributed by atoms with Gasteiger partial charge in [-0.2, -0.15) is 0 Å². The Kier molecular flexibility index (Phi) is 11.7. The van der Waals surface area contributed by atoms with Crippen LogP contribution in [0.2, 0.25) is 0 Å². The Morgan fingerprint density at radius 1 is 0.900 bits per heavy atom. The Morgan fingerprint density at radius 3 is 2.17 bits per heavy atom. The van der Waals surface area contributed by atoms with Crippen molar-refractivity contribution in [1.82, 2.24) is 24.9 Å². The topological polar surface area (TPSA) is 54.4 Å². The smallest absolute Gasteiger partial charge is 0.236 e. The zero-order valence-corrected chi connectivity index (χ0v) is 21.5. The molecule has 0 spiro atoms. The van der Waals surface area contributed by atoms with Crippen LogP contribution in [0.4, 0.5) is 0 Å². The molecule has 0 unspecified atom stereocenters. The van der Waals surface area contributed by atoms with E-state index in [0.29, 0.717) is 12.5 Å². The monoisotopic (exact) mass is 534 g/mol. The van der Waals surface area contributed by atoms with Gasteiger partial charge in [-0.15, -0.1) is 24.0 Å². The second-order valence-electron chi connectivity index (χ2n) is 8.84. The van der Waals surface area contributed by atoms with Crippen LogP contribution in [-0.2, 0) is 4.79 Å². The van der Waals surface area contributed by atoms with Crippen LogP contribution in [0, 0.1) is 5.92 Å². The number of aliphatic imine (C=N–C) groups is 1. The molecule has 0 bridgehead atoms. The number of carbonyl (C=O) groups is 1. The maximum atomic E-state index is 12.5. The molecular weight excluding hydrogens is 491 g/mol. The normalized spacial score (nSPS) is 22.7. The van der Waals surface area contributed by atoms with E-state index in [2.05, 4.69) is 36.8 Å². The summed E-state index contributed by atoms with van der Waals surface area (Å²) in [6.45, 7) is 13.2. The number of amides is 1. The number of guanidine groups is 1. The van der Waals surface area contributed by atoms with Crippen LogP contribution in [0.3, 0.4) is 0 Å². The van der Waals surface area contributed by atoms with Crippen molar-refractivity contribution in [1.29, 1.82) is 0 Å². The third-order valence-corrected chi connectivity index (χ3v) is 6.94. The van der Waals surface area contributed by atoms with Gasteiger partial charge in [0, 0.05) is 52.9 Å². The van der Waals surface area contributed by atoms with Gasteiger partial charge in [0.1, 0.15) is 0 Å². The summed E-state index contributed by atoms with van der Waals surface area (Å²) >= 11 is 0. The molecule has 3 aliphatic heterocycles. The van der Waals surface area contributed by atoms with Gasteiger partial charge in [-0.3, -0.25) is 14.7 Å². The van der Waals surface area contributed by atoms with Crippen molar-refractivity contribution >= 4 is 35.8 Å². The van der Waals surface area contributed by atoms with Crippen LogP contribution in [-0.4, -0.2) is 111 Å². The average molecular weight is 535 g/mol. The summed E-state index contributed by atoms with van der Waals surface area (Å²) in [6.07, 6.45) is 7.50. The van der Waals surface area contributed by atoms with Crippen molar-refractivity contribution in [2.45, 2.75) is 45.4 Å². The van der Waals surface area contributed by atoms with E-state index in [0.717, 1.165) is 57.7 Å². The number of halogens is 1. The molecule has 0 radical (unpaired) electrons. The first-order valence-electron chi connectivity index (χ1n) is 11.9. The Hall–Kier alpha value is -0.610. The minimum Gasteiger partial charge on any atom is -0.356 e. The quantitative estimate of drug-likeness (QED) is 0.321. The van der Waals surface area contributed by atoms with Crippen LogP contribution < -0.4 is 5.32 Å². The first kappa shape index (κ1) is 25.6. The summed E-state index contributed by atoms with van der Waals surface area (Å²) in [5, 5.41) is 3.59. The van der Waals surface area contributed by atoms with Crippen molar-refractivity contribution in [3.8, 4) is 0 Å². The lowest BCUT2D eigenvalue weighted by Crippen LogP contribution is -2.54. The van der Waals surface area contributed by atoms with E-state index in [1.54, 1.807) is 0 Å². The summed E-state index contributed by atoms with van der Waals surface area (Å²) in [5.74, 6) is 2.19. The molecule has 0 aliphatic carbocycles. The molecule has 3 saturated heterocycles. The van der Waals surface area contributed by atoms with E-state index in [4.69, 9.17) is 0 Å². The molecular formula is C22H43IN6O. The van der Waals surface area contributed by atoms with Crippen molar-refractivity contribution in [2.24, 2.45) is 10.9 Å². The third-order valence-electron chi connectivity index (χ3n) is 6.94. The van der Waals surface area contributed by atoms with Crippen LogP contribution in [0.5, 0.6) is 0 Å². The lowest BCUT2D eigenvalue weighted by molar-refractivity contribution is -0.133. The van der Waals surface area contributed by atoms with Crippen LogP contribution in [0.15, 0.2) is 4.99 Å². The van der Waals surface area contributed by atoms with Gasteiger partial charge in [-0.05, 0) is 64.1 Å². The predicted molar refractivity (Wildman–Crippen MR) is 135 cm³/mol. The third kappa shape index (κ3) is 7.82. The van der Waals surface area contributed by atoms with Gasteiger partial charge in [-0.25, -0.2) is 0 Å². The van der Waals surface area contributed by atoms with Gasteiger partial charge in [0.2, 0.25) is 5.91 Å². The highest BCUT2D eigenvalue weighted by Gasteiger charge is 2.24. The molecule has 174 valence electrons. The Balaban J connectivity index is 0.00000320. The van der Waals surface area contributed by atoms with E-state index in [1.165, 1.54) is 58.2 Å². The molecule has 3 fully saturated rings. The van der Waals surface area contributed by atoms with Gasteiger partial charge in [0.25, 0.3) is 0 Å². The summed E-state index contributed by atoms with van der Waals surface area (Å²) in [6, 6.07) is 0. The summed E-state index contributed by atoms with van der Waals surface area (Å²) in [7, 11) is 1.88. The summed E-state index contributed by atoms with van der Waals surface area (Å²) in [4.78, 5) is 26.3. The number of hydrogen-bond acceptors (Lipinski definition) is 4. The fourth-order valence-electron chi connectivity index (χ4n) is 4.86. The Morgan fingerprint density at radius 2 is 1.57 bits per heavy atom. The van der Waals surface area contributed by atoms with E-state index in [1.807, 2.05) is 7.05 Å². The SMILES string of the molecule is CCN1CCC(CCNC(=NC)N2CCN(CC(=O)N3CCCCC3)CC2)CC1.I. The highest BCUT2D eigenvalue weighted by molar-refractivity contribution is 14.0. The molecule has 0 atom stereocenters. The number of hydrogen-bond donors (Lipinski definition) is 1. The molecule has 7 nitrogen and oxygen atoms in total. The zero-order valence-electron chi connectivity index (χ0n) is 19.2. The highest BCUT2D eigenvalue weighted by Crippen LogP contribution is 2.19. The molecule has 1 N–H and O–H groups in total. The van der Waals surface area contributed by atoms with Gasteiger partial charge in [-0.1, -0.05) is 6.92 Å². The second-order valence-corrected chi connectivity index (χ2v) is 8.84. The lowest BCUT2D eigenvalue weighted by Gasteiger charge is -2.37. The number of likely N-dealkylation sites (tertiary alicyclic amines) is 2. The van der Waals surface area contributed by atoms with Crippen LogP contribution >= 0.6 is 24.0 Å². The number of nitrogens with zero attached hydrogens (tertiary/aromatic N) is 5. The van der Waals surface area contributed by atoms with Crippen molar-refractivity contribution in [3.63, 3.8) is 0 Å². The van der Waals surface area contributed by atoms with Crippen LogP contribution in [0.25, 0.3) is 0 Å². The fraction of sp³-hybridized carbons (Fsp3) is 0.909. The van der Waals surface area contributed by atoms with E-state index >= 15 is 0 Å². The molecule has 3 heterocycles. The molecule has 30 heavy (non-hydrogen) atoms. The highest BCUT2D eigenvalue weighted by atomic mass is 127. The number of carbonyl (C=O) groups excluding carboxylic acids is 1. The van der Waals surface area contributed by atoms with Crippen LogP contribution in [0.1, 0.15) is 45.4 Å². The summed E-state index contributed by atoms with van der Waals surface area (Å²) in [5.41, 5.74) is 0. The first-order valence-corrected chi connectivity index (χ1v) is 11.9. The number of piperidine rings is 2. The molecule has 0 aromatic rings. The fourth-order valence-corrected chi connectivity index (χ4v) is 4.86. The van der Waals surface area contributed by atoms with Crippen molar-refractivity contribution in [2.75, 3.05) is 79.0 Å². The maximum Gasteiger partial charge on any atom is 0.236 e. The Bertz CT molecular complexity index is 524. The predicted octanol–water partition coefficient (Wildman–Crippen LogP) is 1.93. The lowest BCUT2D eigenvalue weighted by atomic mass is 9.93. The van der Waals surface area contributed by atoms with Crippen molar-refractivity contribution < 1.29 is 4.79 Å². The largest absolute Gasteiger partial charge is 0.356 e. The Labute approximate surface area is 200 Å². The minimum absolute atomic E-state index is 0. The molecule has 0 aromatic heterocycles. The maximum absolute atomic E-state index is 12.5. The number of rotatable bonds is 6. The van der Waals surface area contributed by atoms with E-state index < -0.39 is 0 Å². The van der Waals surface area contributed by atoms with Gasteiger partial charge in [0.15, 0.2) is 5.96 Å². The number of piperazine rings is 1. The zero-order chi connectivity index (χ0) is 20.5. The second kappa shape index (κ2) is 13.7. The number of nitrogens with one attached hydrogen (secondary N) is 1. The molecule has 0 aromatic carbocycles. The molecule has 3 aliphatic rings. The van der Waals surface area contributed by atoms with Gasteiger partial charge in [0.05, 0.1) is 6.54 Å². The van der Waals surface area contributed by atoms with E-state index in [-0.39, 0.29) is 24.0 Å². The summed E-state index contributed by atoms with van der Waals surface area (Å²) < 4.78 is 0. The molecule has 3 rings (SSSR count). The standard InChI is InChI=1S/C22H42N6O.HI/c1-3-25-13-8-20(9-14-25)7-10-24-22(23-2)28-17-15-26(16-18-28)19-21(29)27-11-5-4-6-12-27;/h20H,3-19H2,1-2H3,(H,23,24);1H. The minimum atomic E-state index is 0. The van der Waals surface area contributed by atoms with Crippen molar-refractivity contribution in [3.05, 3.63) is 0 Å².